The van der Waals surface area contributed by atoms with Gasteiger partial charge in [-0.3, -0.25) is 0 Å². The maximum Gasteiger partial charge on any atom is 0.420 e. The summed E-state index contributed by atoms with van der Waals surface area (Å²) in [6.07, 6.45) is -4.59. The fraction of sp³-hybridized carbons (Fsp3) is 0.250. The lowest BCUT2D eigenvalue weighted by molar-refractivity contribution is -0.138. The van der Waals surface area contributed by atoms with Crippen LogP contribution in [0.1, 0.15) is 5.56 Å². The molecule has 0 radical (unpaired) electrons. The van der Waals surface area contributed by atoms with Crippen molar-refractivity contribution < 1.29 is 27.2 Å². The molecule has 2 rings (SSSR count). The monoisotopic (exact) mass is 288 g/mol. The van der Waals surface area contributed by atoms with Gasteiger partial charge in [0.15, 0.2) is 11.5 Å². The predicted octanol–water partition coefficient (Wildman–Crippen LogP) is 2.96. The number of ether oxygens (including phenoxy) is 2. The van der Waals surface area contributed by atoms with Gasteiger partial charge in [0.05, 0.1) is 14.2 Å². The number of rotatable bonds is 3. The third kappa shape index (κ3) is 2.49. The Kier molecular flexibility index (Phi) is 3.47. The maximum absolute atomic E-state index is 13.0. The van der Waals surface area contributed by atoms with Crippen molar-refractivity contribution in [3.05, 3.63) is 23.8 Å². The Labute approximate surface area is 112 Å². The Morgan fingerprint density at radius 3 is 2.30 bits per heavy atom. The van der Waals surface area contributed by atoms with Crippen molar-refractivity contribution in [1.82, 2.24) is 5.16 Å². The zero-order valence-corrected chi connectivity index (χ0v) is 10.6. The highest BCUT2D eigenvalue weighted by molar-refractivity contribution is 5.68. The van der Waals surface area contributed by atoms with Gasteiger partial charge in [-0.05, 0) is 12.1 Å². The van der Waals surface area contributed by atoms with Crippen LogP contribution >= 0.6 is 0 Å². The molecule has 0 aliphatic rings. The predicted molar refractivity (Wildman–Crippen MR) is 64.5 cm³/mol. The molecule has 2 N–H and O–H groups in total. The number of halogens is 3. The molecular weight excluding hydrogens is 277 g/mol. The molecule has 0 fully saturated rings. The standard InChI is InChI=1S/C12H11F3N2O3/c1-18-9-4-6(8-5-10(16)20-17-8)3-7(11(9)19-2)12(13,14)15/h3-5H,16H2,1-2H3. The highest BCUT2D eigenvalue weighted by Crippen LogP contribution is 2.44. The Balaban J connectivity index is 2.67. The van der Waals surface area contributed by atoms with E-state index in [0.29, 0.717) is 0 Å². The van der Waals surface area contributed by atoms with E-state index >= 15 is 0 Å². The van der Waals surface area contributed by atoms with E-state index in [9.17, 15) is 13.2 Å². The largest absolute Gasteiger partial charge is 0.493 e. The van der Waals surface area contributed by atoms with Gasteiger partial charge < -0.3 is 19.7 Å². The number of nitrogen functional groups attached to an aromatic ring is 1. The van der Waals surface area contributed by atoms with Crippen molar-refractivity contribution in [2.24, 2.45) is 0 Å². The minimum Gasteiger partial charge on any atom is -0.493 e. The first-order chi connectivity index (χ1) is 9.36. The number of hydrogen-bond donors (Lipinski definition) is 1. The zero-order chi connectivity index (χ0) is 14.9. The van der Waals surface area contributed by atoms with Crippen LogP contribution < -0.4 is 15.2 Å². The summed E-state index contributed by atoms with van der Waals surface area (Å²) in [5.41, 5.74) is 4.73. The van der Waals surface area contributed by atoms with Crippen LogP contribution in [0.2, 0.25) is 0 Å². The summed E-state index contributed by atoms with van der Waals surface area (Å²) in [5.74, 6) is -0.442. The molecule has 2 aromatic rings. The molecule has 1 aromatic heterocycles. The number of aromatic nitrogens is 1. The minimum absolute atomic E-state index is 0.00310. The van der Waals surface area contributed by atoms with Gasteiger partial charge in [0.2, 0.25) is 5.88 Å². The second-order valence-electron chi connectivity index (χ2n) is 3.87. The number of benzene rings is 1. The van der Waals surface area contributed by atoms with E-state index in [-0.39, 0.29) is 28.6 Å². The first-order valence-corrected chi connectivity index (χ1v) is 5.42. The molecule has 0 atom stereocenters. The summed E-state index contributed by atoms with van der Waals surface area (Å²) < 4.78 is 53.5. The van der Waals surface area contributed by atoms with Gasteiger partial charge in [-0.2, -0.15) is 13.2 Å². The SMILES string of the molecule is COc1cc(-c2cc(N)on2)cc(C(F)(F)F)c1OC. The lowest BCUT2D eigenvalue weighted by Crippen LogP contribution is -2.09. The fourth-order valence-corrected chi connectivity index (χ4v) is 1.75. The molecule has 8 heteroatoms. The Morgan fingerprint density at radius 1 is 1.15 bits per heavy atom. The molecule has 0 aliphatic heterocycles. The number of methoxy groups -OCH3 is 2. The van der Waals surface area contributed by atoms with E-state index < -0.39 is 11.7 Å². The number of hydrogen-bond acceptors (Lipinski definition) is 5. The Hall–Kier alpha value is -2.38. The summed E-state index contributed by atoms with van der Waals surface area (Å²) in [4.78, 5) is 0. The second kappa shape index (κ2) is 4.95. The van der Waals surface area contributed by atoms with Gasteiger partial charge in [0.25, 0.3) is 0 Å². The maximum atomic E-state index is 13.0. The average Bonchev–Trinajstić information content (AvgIpc) is 2.82. The number of alkyl halides is 3. The highest BCUT2D eigenvalue weighted by atomic mass is 19.4. The van der Waals surface area contributed by atoms with E-state index in [1.165, 1.54) is 19.2 Å². The number of anilines is 1. The summed E-state index contributed by atoms with van der Waals surface area (Å²) in [6, 6.07) is 3.59. The summed E-state index contributed by atoms with van der Waals surface area (Å²) in [5, 5.41) is 3.58. The van der Waals surface area contributed by atoms with Gasteiger partial charge in [-0.25, -0.2) is 0 Å². The summed E-state index contributed by atoms with van der Waals surface area (Å²) in [7, 11) is 2.39. The van der Waals surface area contributed by atoms with Crippen LogP contribution in [-0.2, 0) is 6.18 Å². The van der Waals surface area contributed by atoms with Crippen LogP contribution in [0.5, 0.6) is 11.5 Å². The lowest BCUT2D eigenvalue weighted by Gasteiger charge is -2.16. The molecule has 0 aliphatic carbocycles. The van der Waals surface area contributed by atoms with Gasteiger partial charge in [0, 0.05) is 11.6 Å². The third-order valence-electron chi connectivity index (χ3n) is 2.61. The summed E-state index contributed by atoms with van der Waals surface area (Å²) >= 11 is 0. The normalized spacial score (nSPS) is 11.4. The molecule has 0 bridgehead atoms. The first kappa shape index (κ1) is 14.0. The quantitative estimate of drug-likeness (QED) is 0.940. The highest BCUT2D eigenvalue weighted by Gasteiger charge is 2.36. The van der Waals surface area contributed by atoms with E-state index in [0.717, 1.165) is 13.2 Å². The Morgan fingerprint density at radius 2 is 1.85 bits per heavy atom. The number of nitrogens with zero attached hydrogens (tertiary/aromatic N) is 1. The molecule has 0 amide bonds. The van der Waals surface area contributed by atoms with Crippen LogP contribution in [-0.4, -0.2) is 19.4 Å². The first-order valence-electron chi connectivity index (χ1n) is 5.42. The third-order valence-corrected chi connectivity index (χ3v) is 2.61. The average molecular weight is 288 g/mol. The van der Waals surface area contributed by atoms with E-state index in [1.807, 2.05) is 0 Å². The molecule has 108 valence electrons. The molecule has 0 unspecified atom stereocenters. The van der Waals surface area contributed by atoms with Gasteiger partial charge >= 0.3 is 6.18 Å². The van der Waals surface area contributed by atoms with E-state index in [4.69, 9.17) is 15.2 Å². The fourth-order valence-electron chi connectivity index (χ4n) is 1.75. The van der Waals surface area contributed by atoms with Crippen LogP contribution in [0.15, 0.2) is 22.7 Å². The molecule has 1 heterocycles. The van der Waals surface area contributed by atoms with Crippen molar-refractivity contribution in [2.75, 3.05) is 20.0 Å². The smallest absolute Gasteiger partial charge is 0.420 e. The Bertz CT molecular complexity index is 623. The van der Waals surface area contributed by atoms with Crippen molar-refractivity contribution in [2.45, 2.75) is 6.18 Å². The van der Waals surface area contributed by atoms with Crippen LogP contribution in [0.25, 0.3) is 11.3 Å². The van der Waals surface area contributed by atoms with E-state index in [2.05, 4.69) is 9.68 Å². The molecule has 0 saturated carbocycles. The lowest BCUT2D eigenvalue weighted by atomic mass is 10.1. The molecule has 1 aromatic carbocycles. The zero-order valence-electron chi connectivity index (χ0n) is 10.6. The van der Waals surface area contributed by atoms with E-state index in [1.54, 1.807) is 0 Å². The van der Waals surface area contributed by atoms with Crippen molar-refractivity contribution in [1.29, 1.82) is 0 Å². The van der Waals surface area contributed by atoms with Crippen molar-refractivity contribution in [3.63, 3.8) is 0 Å². The van der Waals surface area contributed by atoms with Crippen LogP contribution in [0, 0.1) is 0 Å². The molecule has 20 heavy (non-hydrogen) atoms. The van der Waals surface area contributed by atoms with Gasteiger partial charge in [0.1, 0.15) is 11.3 Å². The number of nitrogens with two attached hydrogens (primary N) is 1. The molecule has 5 nitrogen and oxygen atoms in total. The van der Waals surface area contributed by atoms with Crippen molar-refractivity contribution in [3.8, 4) is 22.8 Å². The summed E-state index contributed by atoms with van der Waals surface area (Å²) in [6.45, 7) is 0. The molecule has 0 spiro atoms. The second-order valence-corrected chi connectivity index (χ2v) is 3.87. The minimum atomic E-state index is -4.59. The van der Waals surface area contributed by atoms with Crippen LogP contribution in [0.3, 0.4) is 0 Å². The van der Waals surface area contributed by atoms with Crippen molar-refractivity contribution >= 4 is 5.88 Å². The topological polar surface area (TPSA) is 70.5 Å². The van der Waals surface area contributed by atoms with Crippen LogP contribution in [0.4, 0.5) is 19.1 Å². The van der Waals surface area contributed by atoms with Gasteiger partial charge in [-0.1, -0.05) is 5.16 Å². The molecule has 0 saturated heterocycles. The molecular formula is C12H11F3N2O3. The van der Waals surface area contributed by atoms with Gasteiger partial charge in [-0.15, -0.1) is 0 Å².